The number of nitrogens with two attached hydrogens (primary N) is 1. The van der Waals surface area contributed by atoms with Crippen LogP contribution in [0.1, 0.15) is 26.2 Å². The zero-order valence-electron chi connectivity index (χ0n) is 10.7. The van der Waals surface area contributed by atoms with Crippen molar-refractivity contribution in [3.63, 3.8) is 0 Å². The van der Waals surface area contributed by atoms with E-state index in [9.17, 15) is 8.42 Å². The summed E-state index contributed by atoms with van der Waals surface area (Å²) >= 11 is 1.19. The fraction of sp³-hybridized carbons (Fsp3) is 0.727. The number of rotatable bonds is 4. The van der Waals surface area contributed by atoms with Crippen molar-refractivity contribution in [2.45, 2.75) is 31.1 Å². The molecule has 7 heteroatoms. The van der Waals surface area contributed by atoms with Crippen LogP contribution in [0.15, 0.2) is 4.90 Å². The van der Waals surface area contributed by atoms with Crippen LogP contribution in [0.25, 0.3) is 0 Å². The predicted molar refractivity (Wildman–Crippen MR) is 74.9 cm³/mol. The Hall–Kier alpha value is -0.820. The molecule has 18 heavy (non-hydrogen) atoms. The van der Waals surface area contributed by atoms with Gasteiger partial charge in [0, 0.05) is 19.3 Å². The van der Waals surface area contributed by atoms with Gasteiger partial charge in [0.2, 0.25) is 0 Å². The third kappa shape index (κ3) is 2.61. The van der Waals surface area contributed by atoms with Crippen LogP contribution in [0, 0.1) is 5.92 Å². The van der Waals surface area contributed by atoms with E-state index in [0.717, 1.165) is 19.5 Å². The summed E-state index contributed by atoms with van der Waals surface area (Å²) in [6, 6.07) is 0. The molecular formula is C11H19N3O2S2. The summed E-state index contributed by atoms with van der Waals surface area (Å²) in [7, 11) is -3.31. The molecule has 0 saturated carbocycles. The molecule has 1 unspecified atom stereocenters. The van der Waals surface area contributed by atoms with Gasteiger partial charge in [-0.05, 0) is 30.3 Å². The highest BCUT2D eigenvalue weighted by molar-refractivity contribution is 7.91. The SMILES string of the molecule is CCCC1CCN(c2snc(N)c2S(C)(=O)=O)C1. The average Bonchev–Trinajstić information content (AvgIpc) is 2.83. The van der Waals surface area contributed by atoms with Crippen LogP contribution in [0.3, 0.4) is 0 Å². The second kappa shape index (κ2) is 5.05. The fourth-order valence-corrected chi connectivity index (χ4v) is 4.74. The van der Waals surface area contributed by atoms with E-state index in [4.69, 9.17) is 5.73 Å². The molecule has 102 valence electrons. The first kappa shape index (κ1) is 13.6. The molecule has 1 aromatic heterocycles. The molecule has 0 amide bonds. The number of anilines is 2. The van der Waals surface area contributed by atoms with Crippen LogP contribution in [-0.4, -0.2) is 32.1 Å². The van der Waals surface area contributed by atoms with Gasteiger partial charge in [0.25, 0.3) is 0 Å². The Morgan fingerprint density at radius 3 is 2.89 bits per heavy atom. The molecule has 0 radical (unpaired) electrons. The quantitative estimate of drug-likeness (QED) is 0.914. The van der Waals surface area contributed by atoms with Crippen LogP contribution in [-0.2, 0) is 9.84 Å². The molecule has 0 bridgehead atoms. The van der Waals surface area contributed by atoms with Crippen molar-refractivity contribution in [1.82, 2.24) is 4.37 Å². The number of sulfone groups is 1. The third-order valence-electron chi connectivity index (χ3n) is 3.30. The van der Waals surface area contributed by atoms with Crippen molar-refractivity contribution in [2.75, 3.05) is 30.0 Å². The van der Waals surface area contributed by atoms with Gasteiger partial charge in [0.05, 0.1) is 0 Å². The Bertz CT molecular complexity index is 524. The first-order chi connectivity index (χ1) is 8.43. The molecule has 2 rings (SSSR count). The highest BCUT2D eigenvalue weighted by atomic mass is 32.2. The molecule has 1 aliphatic rings. The number of hydrogen-bond donors (Lipinski definition) is 1. The molecule has 0 aliphatic carbocycles. The molecule has 1 saturated heterocycles. The van der Waals surface area contributed by atoms with E-state index in [0.29, 0.717) is 10.9 Å². The molecule has 0 aromatic carbocycles. The molecule has 2 heterocycles. The maximum Gasteiger partial charge on any atom is 0.182 e. The zero-order valence-corrected chi connectivity index (χ0v) is 12.4. The summed E-state index contributed by atoms with van der Waals surface area (Å²) < 4.78 is 27.5. The van der Waals surface area contributed by atoms with Gasteiger partial charge in [-0.1, -0.05) is 13.3 Å². The lowest BCUT2D eigenvalue weighted by molar-refractivity contribution is 0.530. The van der Waals surface area contributed by atoms with Crippen LogP contribution >= 0.6 is 11.5 Å². The molecule has 1 atom stereocenters. The van der Waals surface area contributed by atoms with E-state index >= 15 is 0 Å². The second-order valence-corrected chi connectivity index (χ2v) is 7.57. The minimum atomic E-state index is -3.31. The molecule has 2 N–H and O–H groups in total. The number of aromatic nitrogens is 1. The molecule has 5 nitrogen and oxygen atoms in total. The molecule has 0 spiro atoms. The van der Waals surface area contributed by atoms with Gasteiger partial charge in [-0.3, -0.25) is 0 Å². The predicted octanol–water partition coefficient (Wildman–Crippen LogP) is 1.76. The number of hydrogen-bond acceptors (Lipinski definition) is 6. The van der Waals surface area contributed by atoms with Crippen molar-refractivity contribution < 1.29 is 8.42 Å². The van der Waals surface area contributed by atoms with Crippen molar-refractivity contribution in [2.24, 2.45) is 5.92 Å². The lowest BCUT2D eigenvalue weighted by atomic mass is 10.0. The fourth-order valence-electron chi connectivity index (χ4n) is 2.50. The number of nitrogen functional groups attached to an aromatic ring is 1. The van der Waals surface area contributed by atoms with E-state index in [1.54, 1.807) is 0 Å². The molecule has 1 aliphatic heterocycles. The number of nitrogens with zero attached hydrogens (tertiary/aromatic N) is 2. The summed E-state index contributed by atoms with van der Waals surface area (Å²) in [6.45, 7) is 3.99. The largest absolute Gasteiger partial charge is 0.382 e. The van der Waals surface area contributed by atoms with Gasteiger partial charge in [-0.15, -0.1) is 0 Å². The van der Waals surface area contributed by atoms with Gasteiger partial charge in [0.1, 0.15) is 9.90 Å². The average molecular weight is 289 g/mol. The van der Waals surface area contributed by atoms with E-state index < -0.39 is 9.84 Å². The Labute approximate surface area is 112 Å². The first-order valence-corrected chi connectivity index (χ1v) is 8.80. The van der Waals surface area contributed by atoms with Crippen LogP contribution in [0.4, 0.5) is 10.8 Å². The summed E-state index contributed by atoms with van der Waals surface area (Å²) in [4.78, 5) is 2.33. The lowest BCUT2D eigenvalue weighted by Crippen LogP contribution is -2.20. The van der Waals surface area contributed by atoms with Crippen LogP contribution in [0.5, 0.6) is 0 Å². The smallest absolute Gasteiger partial charge is 0.182 e. The van der Waals surface area contributed by atoms with Crippen LogP contribution < -0.4 is 10.6 Å². The van der Waals surface area contributed by atoms with E-state index in [1.807, 2.05) is 0 Å². The Kier molecular flexibility index (Phi) is 3.82. The summed E-state index contributed by atoms with van der Waals surface area (Å²) in [5.41, 5.74) is 5.68. The van der Waals surface area contributed by atoms with Gasteiger partial charge < -0.3 is 10.6 Å². The third-order valence-corrected chi connectivity index (χ3v) is 5.49. The molecule has 1 fully saturated rings. The van der Waals surface area contributed by atoms with Crippen molar-refractivity contribution in [3.8, 4) is 0 Å². The van der Waals surface area contributed by atoms with Crippen LogP contribution in [0.2, 0.25) is 0 Å². The van der Waals surface area contributed by atoms with Gasteiger partial charge in [-0.25, -0.2) is 8.42 Å². The van der Waals surface area contributed by atoms with Gasteiger partial charge in [-0.2, -0.15) is 4.37 Å². The van der Waals surface area contributed by atoms with E-state index in [1.165, 1.54) is 30.6 Å². The van der Waals surface area contributed by atoms with Crippen molar-refractivity contribution in [1.29, 1.82) is 0 Å². The van der Waals surface area contributed by atoms with Gasteiger partial charge in [0.15, 0.2) is 15.7 Å². The molecular weight excluding hydrogens is 270 g/mol. The zero-order chi connectivity index (χ0) is 13.3. The summed E-state index contributed by atoms with van der Waals surface area (Å²) in [5.74, 6) is 0.794. The van der Waals surface area contributed by atoms with E-state index in [-0.39, 0.29) is 10.7 Å². The minimum Gasteiger partial charge on any atom is -0.382 e. The van der Waals surface area contributed by atoms with Crippen molar-refractivity contribution >= 4 is 32.2 Å². The summed E-state index contributed by atoms with van der Waals surface area (Å²) in [6.07, 6.45) is 4.67. The van der Waals surface area contributed by atoms with E-state index in [2.05, 4.69) is 16.2 Å². The minimum absolute atomic E-state index is 0.136. The monoisotopic (exact) mass is 289 g/mol. The topological polar surface area (TPSA) is 76.3 Å². The Morgan fingerprint density at radius 1 is 1.56 bits per heavy atom. The normalized spacial score (nSPS) is 20.6. The maximum atomic E-state index is 11.8. The Morgan fingerprint density at radius 2 is 2.28 bits per heavy atom. The van der Waals surface area contributed by atoms with Crippen molar-refractivity contribution in [3.05, 3.63) is 0 Å². The highest BCUT2D eigenvalue weighted by Gasteiger charge is 2.29. The highest BCUT2D eigenvalue weighted by Crippen LogP contribution is 2.37. The second-order valence-electron chi connectivity index (χ2n) is 4.86. The van der Waals surface area contributed by atoms with Gasteiger partial charge >= 0.3 is 0 Å². The lowest BCUT2D eigenvalue weighted by Gasteiger charge is -2.17. The summed E-state index contributed by atoms with van der Waals surface area (Å²) in [5, 5.41) is 0.716. The Balaban J connectivity index is 2.26. The maximum absolute atomic E-state index is 11.8. The standard InChI is InChI=1S/C11H19N3O2S2/c1-3-4-8-5-6-14(7-8)11-9(18(2,15)16)10(12)13-17-11/h8H,3-7H2,1-2H3,(H2,12,13). The molecule has 1 aromatic rings. The first-order valence-electron chi connectivity index (χ1n) is 6.13.